The van der Waals surface area contributed by atoms with Crippen molar-refractivity contribution in [2.45, 2.75) is 18.7 Å². The van der Waals surface area contributed by atoms with Gasteiger partial charge in [0.25, 0.3) is 0 Å². The van der Waals surface area contributed by atoms with Crippen LogP contribution in [-0.2, 0) is 14.8 Å². The Hall–Kier alpha value is -1.45. The number of carbonyl (C=O) groups is 2. The number of amides is 1. The van der Waals surface area contributed by atoms with Crippen LogP contribution in [0.15, 0.2) is 10.3 Å². The Morgan fingerprint density at radius 2 is 1.90 bits per heavy atom. The molecule has 7 nitrogen and oxygen atoms in total. The molecule has 0 fully saturated rings. The maximum absolute atomic E-state index is 12.6. The summed E-state index contributed by atoms with van der Waals surface area (Å²) in [7, 11) is -0.969. The third kappa shape index (κ3) is 3.60. The van der Waals surface area contributed by atoms with Crippen LogP contribution >= 0.6 is 11.3 Å². The van der Waals surface area contributed by atoms with Crippen molar-refractivity contribution in [2.24, 2.45) is 0 Å². The number of aromatic carboxylic acids is 1. The molecule has 21 heavy (non-hydrogen) atoms. The molecule has 0 atom stereocenters. The van der Waals surface area contributed by atoms with Gasteiger partial charge in [0.15, 0.2) is 0 Å². The highest BCUT2D eigenvalue weighted by Gasteiger charge is 2.32. The Morgan fingerprint density at radius 3 is 2.33 bits per heavy atom. The topological polar surface area (TPSA) is 95.0 Å². The highest BCUT2D eigenvalue weighted by atomic mass is 32.2. The second kappa shape index (κ2) is 6.54. The van der Waals surface area contributed by atoms with Crippen molar-refractivity contribution < 1.29 is 23.1 Å². The molecule has 0 aliphatic rings. The molecule has 0 aliphatic carbocycles. The van der Waals surface area contributed by atoms with Gasteiger partial charge in [-0.05, 0) is 17.9 Å². The van der Waals surface area contributed by atoms with Crippen molar-refractivity contribution in [3.05, 3.63) is 15.8 Å². The molecule has 1 N–H and O–H groups in total. The number of thiophene rings is 1. The Morgan fingerprint density at radius 1 is 1.33 bits per heavy atom. The van der Waals surface area contributed by atoms with E-state index in [1.54, 1.807) is 6.92 Å². The van der Waals surface area contributed by atoms with E-state index in [0.29, 0.717) is 5.56 Å². The van der Waals surface area contributed by atoms with Gasteiger partial charge >= 0.3 is 5.97 Å². The molecule has 0 bridgehead atoms. The first-order valence-corrected chi connectivity index (χ1v) is 8.46. The van der Waals surface area contributed by atoms with E-state index < -0.39 is 16.0 Å². The quantitative estimate of drug-likeness (QED) is 0.832. The molecule has 118 valence electrons. The Balaban J connectivity index is 3.29. The van der Waals surface area contributed by atoms with Crippen molar-refractivity contribution >= 4 is 33.2 Å². The van der Waals surface area contributed by atoms with Crippen LogP contribution in [0.2, 0.25) is 0 Å². The Kier molecular flexibility index (Phi) is 5.48. The van der Waals surface area contributed by atoms with Gasteiger partial charge in [0.2, 0.25) is 15.9 Å². The summed E-state index contributed by atoms with van der Waals surface area (Å²) in [6.07, 6.45) is 0. The number of hydrogen-bond donors (Lipinski definition) is 1. The lowest BCUT2D eigenvalue weighted by Crippen LogP contribution is -2.40. The molecule has 0 saturated carbocycles. The van der Waals surface area contributed by atoms with Crippen molar-refractivity contribution in [1.82, 2.24) is 9.21 Å². The van der Waals surface area contributed by atoms with Crippen LogP contribution in [-0.4, -0.2) is 61.8 Å². The number of nitrogens with zero attached hydrogens (tertiary/aromatic N) is 2. The largest absolute Gasteiger partial charge is 0.477 e. The number of aryl methyl sites for hydroxylation is 1. The number of likely N-dealkylation sites (N-methyl/N-ethyl adjacent to an activating group) is 2. The van der Waals surface area contributed by atoms with Crippen LogP contribution in [0.3, 0.4) is 0 Å². The number of carboxylic acids is 1. The van der Waals surface area contributed by atoms with Crippen molar-refractivity contribution in [1.29, 1.82) is 0 Å². The molecular weight excluding hydrogens is 316 g/mol. The minimum absolute atomic E-state index is 0.0796. The van der Waals surface area contributed by atoms with Gasteiger partial charge in [-0.25, -0.2) is 13.2 Å². The van der Waals surface area contributed by atoms with Gasteiger partial charge in [-0.3, -0.25) is 4.79 Å². The van der Waals surface area contributed by atoms with Crippen molar-refractivity contribution in [3.63, 3.8) is 0 Å². The van der Waals surface area contributed by atoms with Gasteiger partial charge in [0, 0.05) is 20.6 Å². The highest BCUT2D eigenvalue weighted by molar-refractivity contribution is 7.89. The van der Waals surface area contributed by atoms with Crippen LogP contribution in [0.5, 0.6) is 0 Å². The zero-order valence-electron chi connectivity index (χ0n) is 12.3. The predicted molar refractivity (Wildman–Crippen MR) is 79.1 cm³/mol. The van der Waals surface area contributed by atoms with Crippen molar-refractivity contribution in [3.8, 4) is 0 Å². The second-order valence-electron chi connectivity index (χ2n) is 4.60. The number of carbonyl (C=O) groups excluding carboxylic acids is 1. The molecule has 0 unspecified atom stereocenters. The molecule has 0 saturated heterocycles. The lowest BCUT2D eigenvalue weighted by atomic mass is 10.3. The smallest absolute Gasteiger partial charge is 0.347 e. The number of carboxylic acid groups (broad SMARTS) is 1. The molecule has 1 aromatic heterocycles. The van der Waals surface area contributed by atoms with Gasteiger partial charge in [0.05, 0.1) is 6.54 Å². The van der Waals surface area contributed by atoms with E-state index in [1.807, 2.05) is 0 Å². The number of hydrogen-bond acceptors (Lipinski definition) is 5. The summed E-state index contributed by atoms with van der Waals surface area (Å²) in [6.45, 7) is 2.90. The summed E-state index contributed by atoms with van der Waals surface area (Å²) < 4.78 is 26.2. The molecule has 0 radical (unpaired) electrons. The zero-order valence-corrected chi connectivity index (χ0v) is 13.9. The fourth-order valence-electron chi connectivity index (χ4n) is 1.69. The van der Waals surface area contributed by atoms with Gasteiger partial charge in [-0.15, -0.1) is 11.3 Å². The predicted octanol–water partition coefficient (Wildman–Crippen LogP) is 0.854. The summed E-state index contributed by atoms with van der Waals surface area (Å²) in [5.74, 6) is -1.66. The summed E-state index contributed by atoms with van der Waals surface area (Å²) >= 11 is 0.864. The molecule has 1 rings (SSSR count). The van der Waals surface area contributed by atoms with E-state index in [9.17, 15) is 18.0 Å². The van der Waals surface area contributed by atoms with Crippen LogP contribution in [0.25, 0.3) is 0 Å². The minimum Gasteiger partial charge on any atom is -0.477 e. The standard InChI is InChI=1S/C12H18N2O5S2/c1-5-14(6-9(15)13(3)4)21(18,19)11-8(2)7-20-10(11)12(16)17/h7H,5-6H2,1-4H3,(H,16,17). The normalized spacial score (nSPS) is 11.7. The minimum atomic E-state index is -4.03. The molecule has 0 aromatic carbocycles. The molecular formula is C12H18N2O5S2. The summed E-state index contributed by atoms with van der Waals surface area (Å²) in [6, 6.07) is 0. The highest BCUT2D eigenvalue weighted by Crippen LogP contribution is 2.29. The third-order valence-electron chi connectivity index (χ3n) is 2.87. The first kappa shape index (κ1) is 17.6. The molecule has 9 heteroatoms. The van der Waals surface area contributed by atoms with Crippen LogP contribution in [0, 0.1) is 6.92 Å². The van der Waals surface area contributed by atoms with E-state index in [4.69, 9.17) is 5.11 Å². The first-order valence-electron chi connectivity index (χ1n) is 6.14. The molecule has 1 heterocycles. The average molecular weight is 334 g/mol. The Bertz CT molecular complexity index is 649. The van der Waals surface area contributed by atoms with Crippen LogP contribution in [0.4, 0.5) is 0 Å². The van der Waals surface area contributed by atoms with Crippen molar-refractivity contribution in [2.75, 3.05) is 27.2 Å². The number of sulfonamides is 1. The molecule has 1 aromatic rings. The molecule has 1 amide bonds. The second-order valence-corrected chi connectivity index (χ2v) is 7.36. The summed E-state index contributed by atoms with van der Waals surface area (Å²) in [5, 5.41) is 10.6. The van der Waals surface area contributed by atoms with Gasteiger partial charge in [0.1, 0.15) is 9.77 Å². The number of rotatable bonds is 6. The van der Waals surface area contributed by atoms with E-state index in [0.717, 1.165) is 15.6 Å². The van der Waals surface area contributed by atoms with Crippen LogP contribution in [0.1, 0.15) is 22.2 Å². The van der Waals surface area contributed by atoms with Crippen LogP contribution < -0.4 is 0 Å². The fourth-order valence-corrected chi connectivity index (χ4v) is 4.67. The summed E-state index contributed by atoms with van der Waals surface area (Å²) in [4.78, 5) is 23.7. The lowest BCUT2D eigenvalue weighted by Gasteiger charge is -2.22. The maximum Gasteiger partial charge on any atom is 0.347 e. The third-order valence-corrected chi connectivity index (χ3v) is 6.20. The average Bonchev–Trinajstić information content (AvgIpc) is 2.77. The summed E-state index contributed by atoms with van der Waals surface area (Å²) in [5.41, 5.74) is 0.369. The molecule has 0 aliphatic heterocycles. The SMILES string of the molecule is CCN(CC(=O)N(C)C)S(=O)(=O)c1c(C)csc1C(=O)O. The monoisotopic (exact) mass is 334 g/mol. The van der Waals surface area contributed by atoms with Gasteiger partial charge in [-0.2, -0.15) is 4.31 Å². The van der Waals surface area contributed by atoms with E-state index in [-0.39, 0.29) is 28.8 Å². The Labute approximate surface area is 127 Å². The van der Waals surface area contributed by atoms with E-state index in [1.165, 1.54) is 31.3 Å². The lowest BCUT2D eigenvalue weighted by molar-refractivity contribution is -0.128. The fraction of sp³-hybridized carbons (Fsp3) is 0.500. The van der Waals surface area contributed by atoms with Gasteiger partial charge < -0.3 is 10.0 Å². The molecule has 0 spiro atoms. The zero-order chi connectivity index (χ0) is 16.4. The first-order chi connectivity index (χ1) is 9.62. The van der Waals surface area contributed by atoms with Gasteiger partial charge in [-0.1, -0.05) is 6.92 Å². The van der Waals surface area contributed by atoms with E-state index >= 15 is 0 Å². The van der Waals surface area contributed by atoms with E-state index in [2.05, 4.69) is 0 Å². The maximum atomic E-state index is 12.6.